The lowest BCUT2D eigenvalue weighted by molar-refractivity contribution is -0.137. The molecule has 0 aliphatic rings. The second-order valence-corrected chi connectivity index (χ2v) is 4.65. The number of alkyl halides is 3. The summed E-state index contributed by atoms with van der Waals surface area (Å²) in [7, 11) is 0. The lowest BCUT2D eigenvalue weighted by Crippen LogP contribution is -2.08. The monoisotopic (exact) mass is 230 g/mol. The van der Waals surface area contributed by atoms with Gasteiger partial charge >= 0.3 is 6.18 Å². The third kappa shape index (κ3) is 2.77. The fourth-order valence-electron chi connectivity index (χ4n) is 1.78. The van der Waals surface area contributed by atoms with Crippen LogP contribution < -0.4 is 0 Å². The molecule has 90 valence electrons. The first-order valence-electron chi connectivity index (χ1n) is 5.44. The summed E-state index contributed by atoms with van der Waals surface area (Å²) in [6, 6.07) is 4.05. The molecule has 0 atom stereocenters. The number of hydrogen-bond donors (Lipinski definition) is 0. The summed E-state index contributed by atoms with van der Waals surface area (Å²) in [5, 5.41) is 0. The minimum Gasteiger partial charge on any atom is -0.166 e. The third-order valence-electron chi connectivity index (χ3n) is 2.66. The van der Waals surface area contributed by atoms with Crippen molar-refractivity contribution in [2.24, 2.45) is 0 Å². The summed E-state index contributed by atoms with van der Waals surface area (Å²) in [6.07, 6.45) is -4.25. The molecule has 1 rings (SSSR count). The molecule has 0 N–H and O–H groups in total. The largest absolute Gasteiger partial charge is 0.416 e. The lowest BCUT2D eigenvalue weighted by Gasteiger charge is -2.18. The first kappa shape index (κ1) is 13.1. The Morgan fingerprint density at radius 1 is 0.875 bits per heavy atom. The van der Waals surface area contributed by atoms with Crippen molar-refractivity contribution in [1.29, 1.82) is 0 Å². The fourth-order valence-corrected chi connectivity index (χ4v) is 1.78. The van der Waals surface area contributed by atoms with Crippen LogP contribution in [0.4, 0.5) is 13.2 Å². The summed E-state index contributed by atoms with van der Waals surface area (Å²) < 4.78 is 37.7. The van der Waals surface area contributed by atoms with E-state index in [4.69, 9.17) is 0 Å². The number of hydrogen-bond acceptors (Lipinski definition) is 0. The normalized spacial score (nSPS) is 12.6. The maximum Gasteiger partial charge on any atom is 0.416 e. The van der Waals surface area contributed by atoms with Gasteiger partial charge in [-0.3, -0.25) is 0 Å². The second kappa shape index (κ2) is 4.48. The van der Waals surface area contributed by atoms with E-state index in [0.717, 1.165) is 11.1 Å². The zero-order valence-electron chi connectivity index (χ0n) is 10.0. The van der Waals surface area contributed by atoms with Gasteiger partial charge in [-0.05, 0) is 35.1 Å². The van der Waals surface area contributed by atoms with Gasteiger partial charge in [-0.25, -0.2) is 0 Å². The molecule has 0 aliphatic carbocycles. The van der Waals surface area contributed by atoms with E-state index in [1.165, 1.54) is 12.1 Å². The molecule has 0 aromatic heterocycles. The molecule has 0 fully saturated rings. The highest BCUT2D eigenvalue weighted by Crippen LogP contribution is 2.34. The highest BCUT2D eigenvalue weighted by Gasteiger charge is 2.31. The molecular weight excluding hydrogens is 213 g/mol. The molecule has 0 amide bonds. The van der Waals surface area contributed by atoms with Crippen molar-refractivity contribution in [2.45, 2.75) is 45.7 Å². The molecule has 0 unspecified atom stereocenters. The Labute approximate surface area is 94.5 Å². The zero-order chi connectivity index (χ0) is 12.5. The van der Waals surface area contributed by atoms with E-state index in [2.05, 4.69) is 0 Å². The van der Waals surface area contributed by atoms with Crippen LogP contribution in [0.3, 0.4) is 0 Å². The Morgan fingerprint density at radius 3 is 1.75 bits per heavy atom. The van der Waals surface area contributed by atoms with Crippen molar-refractivity contribution in [1.82, 2.24) is 0 Å². The first-order chi connectivity index (χ1) is 7.23. The molecule has 0 bridgehead atoms. The number of benzene rings is 1. The molecular formula is C13H17F3. The molecule has 0 aliphatic heterocycles. The van der Waals surface area contributed by atoms with Gasteiger partial charge in [0.05, 0.1) is 5.56 Å². The average Bonchev–Trinajstić information content (AvgIpc) is 2.15. The summed E-state index contributed by atoms with van der Waals surface area (Å²) in [4.78, 5) is 0. The molecule has 0 nitrogen and oxygen atoms in total. The van der Waals surface area contributed by atoms with Crippen LogP contribution in [0.1, 0.15) is 56.2 Å². The Balaban J connectivity index is 3.29. The van der Waals surface area contributed by atoms with Gasteiger partial charge in [-0.2, -0.15) is 13.2 Å². The Hall–Kier alpha value is -0.990. The molecule has 0 radical (unpaired) electrons. The third-order valence-corrected chi connectivity index (χ3v) is 2.66. The predicted molar refractivity (Wildman–Crippen MR) is 59.6 cm³/mol. The van der Waals surface area contributed by atoms with Crippen molar-refractivity contribution in [3.05, 3.63) is 34.9 Å². The van der Waals surface area contributed by atoms with Gasteiger partial charge < -0.3 is 0 Å². The van der Waals surface area contributed by atoms with Crippen LogP contribution in [-0.2, 0) is 6.18 Å². The van der Waals surface area contributed by atoms with Crippen LogP contribution in [0.2, 0.25) is 0 Å². The van der Waals surface area contributed by atoms with Gasteiger partial charge in [-0.15, -0.1) is 0 Å². The SMILES string of the molecule is CC(C)c1ccc(C(F)(F)F)cc1C(C)C. The molecule has 1 aromatic rings. The first-order valence-corrected chi connectivity index (χ1v) is 5.44. The van der Waals surface area contributed by atoms with E-state index < -0.39 is 11.7 Å². The minimum absolute atomic E-state index is 0.111. The van der Waals surface area contributed by atoms with Gasteiger partial charge in [-0.1, -0.05) is 33.8 Å². The van der Waals surface area contributed by atoms with Crippen LogP contribution in [-0.4, -0.2) is 0 Å². The van der Waals surface area contributed by atoms with Crippen LogP contribution in [0, 0.1) is 0 Å². The van der Waals surface area contributed by atoms with E-state index in [9.17, 15) is 13.2 Å². The van der Waals surface area contributed by atoms with Crippen molar-refractivity contribution >= 4 is 0 Å². The number of halogens is 3. The predicted octanol–water partition coefficient (Wildman–Crippen LogP) is 4.95. The lowest BCUT2D eigenvalue weighted by atomic mass is 9.89. The van der Waals surface area contributed by atoms with E-state index >= 15 is 0 Å². The van der Waals surface area contributed by atoms with Crippen LogP contribution in [0.15, 0.2) is 18.2 Å². The van der Waals surface area contributed by atoms with Crippen LogP contribution in [0.5, 0.6) is 0 Å². The molecule has 0 spiro atoms. The summed E-state index contributed by atoms with van der Waals surface area (Å²) in [6.45, 7) is 7.83. The van der Waals surface area contributed by atoms with Crippen molar-refractivity contribution in [3.8, 4) is 0 Å². The fraction of sp³-hybridized carbons (Fsp3) is 0.538. The van der Waals surface area contributed by atoms with Gasteiger partial charge in [0.1, 0.15) is 0 Å². The Bertz CT molecular complexity index is 362. The van der Waals surface area contributed by atoms with Crippen molar-refractivity contribution in [3.63, 3.8) is 0 Å². The summed E-state index contributed by atoms with van der Waals surface area (Å²) >= 11 is 0. The minimum atomic E-state index is -4.25. The quantitative estimate of drug-likeness (QED) is 0.674. The summed E-state index contributed by atoms with van der Waals surface area (Å²) in [5.41, 5.74) is 1.24. The summed E-state index contributed by atoms with van der Waals surface area (Å²) in [5.74, 6) is 0.361. The standard InChI is InChI=1S/C13H17F3/c1-8(2)11-6-5-10(13(14,15)16)7-12(11)9(3)4/h5-9H,1-4H3. The van der Waals surface area contributed by atoms with Gasteiger partial charge in [0.15, 0.2) is 0 Å². The van der Waals surface area contributed by atoms with E-state index in [1.54, 1.807) is 6.07 Å². The smallest absolute Gasteiger partial charge is 0.166 e. The second-order valence-electron chi connectivity index (χ2n) is 4.65. The molecule has 1 aromatic carbocycles. The van der Waals surface area contributed by atoms with Crippen molar-refractivity contribution in [2.75, 3.05) is 0 Å². The topological polar surface area (TPSA) is 0 Å². The average molecular weight is 230 g/mol. The molecule has 0 heterocycles. The Morgan fingerprint density at radius 2 is 1.38 bits per heavy atom. The van der Waals surface area contributed by atoms with Gasteiger partial charge in [0, 0.05) is 0 Å². The molecule has 0 saturated carbocycles. The van der Waals surface area contributed by atoms with E-state index in [0.29, 0.717) is 0 Å². The van der Waals surface area contributed by atoms with Gasteiger partial charge in [0.25, 0.3) is 0 Å². The van der Waals surface area contributed by atoms with E-state index in [1.807, 2.05) is 27.7 Å². The maximum atomic E-state index is 12.6. The zero-order valence-corrected chi connectivity index (χ0v) is 10.0. The number of rotatable bonds is 2. The highest BCUT2D eigenvalue weighted by molar-refractivity contribution is 5.37. The maximum absolute atomic E-state index is 12.6. The van der Waals surface area contributed by atoms with Gasteiger partial charge in [0.2, 0.25) is 0 Å². The van der Waals surface area contributed by atoms with E-state index in [-0.39, 0.29) is 11.8 Å². The Kier molecular flexibility index (Phi) is 3.66. The molecule has 3 heteroatoms. The van der Waals surface area contributed by atoms with Crippen LogP contribution >= 0.6 is 0 Å². The van der Waals surface area contributed by atoms with Crippen LogP contribution in [0.25, 0.3) is 0 Å². The highest BCUT2D eigenvalue weighted by atomic mass is 19.4. The van der Waals surface area contributed by atoms with Crippen molar-refractivity contribution < 1.29 is 13.2 Å². The molecule has 0 saturated heterocycles. The molecule has 16 heavy (non-hydrogen) atoms.